The monoisotopic (exact) mass is 486 g/mol. The van der Waals surface area contributed by atoms with Gasteiger partial charge in [0, 0.05) is 17.7 Å². The van der Waals surface area contributed by atoms with Crippen molar-refractivity contribution >= 4 is 40.6 Å². The smallest absolute Gasteiger partial charge is 0.335 e. The van der Waals surface area contributed by atoms with Crippen LogP contribution in [0.4, 0.5) is 5.69 Å². The standard InChI is InChI=1S/C28H26N2O4S/c1-18-12-13-19(27(32)33)16-23(18)24-15-14-22(34-24)17-25-26(31)30(21-10-6-3-7-11-21)28(35-25)29-20-8-4-2-5-9-20/h2,4-5,8-9,12-17,21H,3,6-7,10-11H2,1H3,(H,32,33)/b25-17-,29-28?. The molecule has 1 amide bonds. The SMILES string of the molecule is Cc1ccc(C(=O)O)cc1-c1ccc(/C=C2\SC(=Nc3ccccc3)N(C3CCCCC3)C2=O)o1. The molecule has 2 aromatic carbocycles. The zero-order valence-electron chi connectivity index (χ0n) is 19.4. The van der Waals surface area contributed by atoms with Crippen LogP contribution in [0.3, 0.4) is 0 Å². The first-order chi connectivity index (χ1) is 17.0. The zero-order valence-corrected chi connectivity index (χ0v) is 20.3. The Kier molecular flexibility index (Phi) is 6.59. The van der Waals surface area contributed by atoms with Crippen molar-refractivity contribution in [2.45, 2.75) is 45.1 Å². The van der Waals surface area contributed by atoms with Gasteiger partial charge in [0.2, 0.25) is 0 Å². The summed E-state index contributed by atoms with van der Waals surface area (Å²) < 4.78 is 6.04. The number of aromatic carboxylic acids is 1. The minimum atomic E-state index is -0.985. The average Bonchev–Trinajstić information content (AvgIpc) is 3.45. The number of hydrogen-bond donors (Lipinski definition) is 1. The van der Waals surface area contributed by atoms with Gasteiger partial charge in [-0.15, -0.1) is 0 Å². The lowest BCUT2D eigenvalue weighted by Gasteiger charge is -2.30. The van der Waals surface area contributed by atoms with E-state index in [1.807, 2.05) is 48.2 Å². The number of amidine groups is 1. The second-order valence-corrected chi connectivity index (χ2v) is 9.85. The van der Waals surface area contributed by atoms with Gasteiger partial charge in [-0.3, -0.25) is 9.69 Å². The van der Waals surface area contributed by atoms with Gasteiger partial charge in [0.05, 0.1) is 16.2 Å². The van der Waals surface area contributed by atoms with E-state index in [0.29, 0.717) is 21.6 Å². The Morgan fingerprint density at radius 3 is 2.60 bits per heavy atom. The number of thioether (sulfide) groups is 1. The van der Waals surface area contributed by atoms with Crippen LogP contribution in [0.1, 0.15) is 53.8 Å². The molecule has 1 saturated carbocycles. The van der Waals surface area contributed by atoms with Crippen LogP contribution in [-0.4, -0.2) is 33.1 Å². The van der Waals surface area contributed by atoms with E-state index in [2.05, 4.69) is 0 Å². The van der Waals surface area contributed by atoms with Gasteiger partial charge in [-0.25, -0.2) is 9.79 Å². The highest BCUT2D eigenvalue weighted by molar-refractivity contribution is 8.18. The molecule has 3 aromatic rings. The lowest BCUT2D eigenvalue weighted by Crippen LogP contribution is -2.40. The van der Waals surface area contributed by atoms with Crippen LogP contribution in [-0.2, 0) is 4.79 Å². The van der Waals surface area contributed by atoms with E-state index >= 15 is 0 Å². The van der Waals surface area contributed by atoms with Gasteiger partial charge in [-0.05, 0) is 73.5 Å². The number of nitrogens with zero attached hydrogens (tertiary/aromatic N) is 2. The summed E-state index contributed by atoms with van der Waals surface area (Å²) in [5, 5.41) is 10.0. The predicted molar refractivity (Wildman–Crippen MR) is 139 cm³/mol. The summed E-state index contributed by atoms with van der Waals surface area (Å²) in [5.74, 6) is 0.0791. The van der Waals surface area contributed by atoms with E-state index in [1.54, 1.807) is 30.3 Å². The normalized spacial score (nSPS) is 19.1. The number of hydrogen-bond acceptors (Lipinski definition) is 5. The summed E-state index contributed by atoms with van der Waals surface area (Å²) in [6, 6.07) is 18.4. The van der Waals surface area contributed by atoms with Crippen molar-refractivity contribution in [1.82, 2.24) is 4.90 Å². The number of para-hydroxylation sites is 1. The average molecular weight is 487 g/mol. The number of benzene rings is 2. The Balaban J connectivity index is 1.47. The minimum absolute atomic E-state index is 0.0430. The lowest BCUT2D eigenvalue weighted by molar-refractivity contribution is -0.124. The second-order valence-electron chi connectivity index (χ2n) is 8.84. The minimum Gasteiger partial charge on any atom is -0.478 e. The van der Waals surface area contributed by atoms with Crippen LogP contribution in [0.2, 0.25) is 0 Å². The third-order valence-electron chi connectivity index (χ3n) is 6.41. The largest absolute Gasteiger partial charge is 0.478 e. The first-order valence-corrected chi connectivity index (χ1v) is 12.6. The van der Waals surface area contributed by atoms with Crippen molar-refractivity contribution < 1.29 is 19.1 Å². The number of rotatable bonds is 5. The Morgan fingerprint density at radius 2 is 1.86 bits per heavy atom. The van der Waals surface area contributed by atoms with Gasteiger partial charge in [-0.1, -0.05) is 43.5 Å². The van der Waals surface area contributed by atoms with Gasteiger partial charge >= 0.3 is 5.97 Å². The van der Waals surface area contributed by atoms with E-state index in [9.17, 15) is 14.7 Å². The number of carbonyl (C=O) groups excluding carboxylic acids is 1. The summed E-state index contributed by atoms with van der Waals surface area (Å²) in [5.41, 5.74) is 2.65. The lowest BCUT2D eigenvalue weighted by atomic mass is 9.94. The Hall–Kier alpha value is -3.58. The molecule has 2 aliphatic rings. The van der Waals surface area contributed by atoms with Crippen molar-refractivity contribution in [2.24, 2.45) is 4.99 Å². The molecule has 1 aliphatic carbocycles. The van der Waals surface area contributed by atoms with Crippen molar-refractivity contribution in [1.29, 1.82) is 0 Å². The maximum atomic E-state index is 13.5. The van der Waals surface area contributed by atoms with Crippen LogP contribution in [0.15, 0.2) is 75.0 Å². The van der Waals surface area contributed by atoms with Crippen LogP contribution >= 0.6 is 11.8 Å². The molecule has 178 valence electrons. The van der Waals surface area contributed by atoms with Crippen molar-refractivity contribution in [2.75, 3.05) is 0 Å². The second kappa shape index (κ2) is 9.96. The summed E-state index contributed by atoms with van der Waals surface area (Å²) in [7, 11) is 0. The fraction of sp³-hybridized carbons (Fsp3) is 0.250. The summed E-state index contributed by atoms with van der Waals surface area (Å²) in [6.07, 6.45) is 7.17. The van der Waals surface area contributed by atoms with E-state index in [1.165, 1.54) is 18.2 Å². The summed E-state index contributed by atoms with van der Waals surface area (Å²) >= 11 is 1.37. The Labute approximate surface area is 208 Å². The van der Waals surface area contributed by atoms with E-state index in [0.717, 1.165) is 42.5 Å². The van der Waals surface area contributed by atoms with E-state index in [4.69, 9.17) is 9.41 Å². The first-order valence-electron chi connectivity index (χ1n) is 11.8. The molecule has 6 nitrogen and oxygen atoms in total. The molecule has 5 rings (SSSR count). The molecule has 1 aromatic heterocycles. The van der Waals surface area contributed by atoms with Gasteiger partial charge in [0.1, 0.15) is 11.5 Å². The third kappa shape index (κ3) is 4.95. The van der Waals surface area contributed by atoms with Crippen LogP contribution in [0.5, 0.6) is 0 Å². The quantitative estimate of drug-likeness (QED) is 0.397. The molecule has 0 radical (unpaired) electrons. The predicted octanol–water partition coefficient (Wildman–Crippen LogP) is 6.89. The molecule has 35 heavy (non-hydrogen) atoms. The van der Waals surface area contributed by atoms with Gasteiger partial charge < -0.3 is 9.52 Å². The van der Waals surface area contributed by atoms with E-state index < -0.39 is 5.97 Å². The first kappa shape index (κ1) is 23.2. The van der Waals surface area contributed by atoms with Gasteiger partial charge in [0.25, 0.3) is 5.91 Å². The van der Waals surface area contributed by atoms with Crippen LogP contribution in [0, 0.1) is 6.92 Å². The zero-order chi connectivity index (χ0) is 24.4. The number of carbonyl (C=O) groups is 2. The number of aryl methyl sites for hydroxylation is 1. The molecule has 7 heteroatoms. The molecule has 0 atom stereocenters. The highest BCUT2D eigenvalue weighted by Gasteiger charge is 2.38. The Bertz CT molecular complexity index is 1320. The van der Waals surface area contributed by atoms with Crippen molar-refractivity contribution in [3.8, 4) is 11.3 Å². The molecule has 2 heterocycles. The summed E-state index contributed by atoms with van der Waals surface area (Å²) in [4.78, 5) is 32.1. The topological polar surface area (TPSA) is 83.1 Å². The molecule has 0 spiro atoms. The fourth-order valence-electron chi connectivity index (χ4n) is 4.56. The highest BCUT2D eigenvalue weighted by atomic mass is 32.2. The van der Waals surface area contributed by atoms with Crippen molar-refractivity contribution in [3.63, 3.8) is 0 Å². The highest BCUT2D eigenvalue weighted by Crippen LogP contribution is 2.39. The molecule has 1 saturated heterocycles. The maximum Gasteiger partial charge on any atom is 0.335 e. The third-order valence-corrected chi connectivity index (χ3v) is 7.39. The molecule has 1 N–H and O–H groups in total. The molecule has 2 fully saturated rings. The number of aliphatic imine (C=N–C) groups is 1. The molecule has 0 bridgehead atoms. The fourth-order valence-corrected chi connectivity index (χ4v) is 5.60. The summed E-state index contributed by atoms with van der Waals surface area (Å²) in [6.45, 7) is 1.91. The van der Waals surface area contributed by atoms with Crippen LogP contribution < -0.4 is 0 Å². The van der Waals surface area contributed by atoms with Crippen LogP contribution in [0.25, 0.3) is 17.4 Å². The molecular formula is C28H26N2O4S. The maximum absolute atomic E-state index is 13.5. The number of furan rings is 1. The molecule has 0 unspecified atom stereocenters. The van der Waals surface area contributed by atoms with Crippen molar-refractivity contribution in [3.05, 3.63) is 82.5 Å². The molecule has 1 aliphatic heterocycles. The number of carboxylic acid groups (broad SMARTS) is 1. The van der Waals surface area contributed by atoms with E-state index in [-0.39, 0.29) is 17.5 Å². The molecular weight excluding hydrogens is 460 g/mol. The van der Waals surface area contributed by atoms with Gasteiger partial charge in [-0.2, -0.15) is 0 Å². The number of amides is 1. The number of carboxylic acids is 1. The van der Waals surface area contributed by atoms with Gasteiger partial charge in [0.15, 0.2) is 5.17 Å². The Morgan fingerprint density at radius 1 is 1.09 bits per heavy atom.